The molecule has 1 aromatic rings. The van der Waals surface area contributed by atoms with E-state index in [0.717, 1.165) is 51.6 Å². The van der Waals surface area contributed by atoms with E-state index in [9.17, 15) is 0 Å². The molecule has 1 aliphatic rings. The van der Waals surface area contributed by atoms with Crippen molar-refractivity contribution in [2.45, 2.75) is 26.5 Å². The maximum Gasteiger partial charge on any atom is 0.138 e. The van der Waals surface area contributed by atoms with Crippen LogP contribution in [0.2, 0.25) is 5.02 Å². The zero-order valence-corrected chi connectivity index (χ0v) is 13.7. The smallest absolute Gasteiger partial charge is 0.138 e. The molecule has 0 atom stereocenters. The molecule has 118 valence electrons. The van der Waals surface area contributed by atoms with Crippen LogP contribution in [0.4, 0.5) is 0 Å². The molecule has 21 heavy (non-hydrogen) atoms. The van der Waals surface area contributed by atoms with Gasteiger partial charge >= 0.3 is 0 Å². The van der Waals surface area contributed by atoms with E-state index in [1.807, 2.05) is 26.0 Å². The highest BCUT2D eigenvalue weighted by Gasteiger charge is 2.08. The third-order valence-electron chi connectivity index (χ3n) is 3.50. The standard InChI is InChI=1S/C16H26ClN3O/c1-13(2)21-16-4-3-14(11-15(16)17)12-19-7-10-20-8-5-18-6-9-20/h3-4,11,13,18-19H,5-10,12H2,1-2H3. The topological polar surface area (TPSA) is 36.5 Å². The molecule has 2 rings (SSSR count). The van der Waals surface area contributed by atoms with Gasteiger partial charge in [0.15, 0.2) is 0 Å². The van der Waals surface area contributed by atoms with Crippen molar-refractivity contribution in [3.05, 3.63) is 28.8 Å². The molecule has 1 saturated heterocycles. The Balaban J connectivity index is 1.71. The zero-order chi connectivity index (χ0) is 15.1. The molecule has 0 saturated carbocycles. The van der Waals surface area contributed by atoms with Crippen LogP contribution in [0.5, 0.6) is 5.75 Å². The minimum atomic E-state index is 0.144. The Kier molecular flexibility index (Phi) is 6.77. The molecular weight excluding hydrogens is 286 g/mol. The highest BCUT2D eigenvalue weighted by molar-refractivity contribution is 6.32. The van der Waals surface area contributed by atoms with Gasteiger partial charge in [-0.1, -0.05) is 17.7 Å². The predicted octanol–water partition coefficient (Wildman–Crippen LogP) is 2.12. The zero-order valence-electron chi connectivity index (χ0n) is 13.0. The van der Waals surface area contributed by atoms with Crippen molar-refractivity contribution < 1.29 is 4.74 Å². The van der Waals surface area contributed by atoms with Crippen molar-refractivity contribution in [1.82, 2.24) is 15.5 Å². The number of rotatable bonds is 7. The van der Waals surface area contributed by atoms with Crippen molar-refractivity contribution in [1.29, 1.82) is 0 Å². The fourth-order valence-electron chi connectivity index (χ4n) is 2.41. The van der Waals surface area contributed by atoms with Gasteiger partial charge in [-0.3, -0.25) is 4.90 Å². The molecule has 0 radical (unpaired) electrons. The average Bonchev–Trinajstić information content (AvgIpc) is 2.47. The molecule has 4 nitrogen and oxygen atoms in total. The molecule has 0 spiro atoms. The molecule has 1 heterocycles. The number of hydrogen-bond acceptors (Lipinski definition) is 4. The van der Waals surface area contributed by atoms with Gasteiger partial charge in [0.1, 0.15) is 5.75 Å². The van der Waals surface area contributed by atoms with Gasteiger partial charge in [-0.2, -0.15) is 0 Å². The van der Waals surface area contributed by atoms with Gasteiger partial charge in [0, 0.05) is 45.8 Å². The van der Waals surface area contributed by atoms with Crippen molar-refractivity contribution in [3.63, 3.8) is 0 Å². The fourth-order valence-corrected chi connectivity index (χ4v) is 2.66. The molecule has 1 fully saturated rings. The Hall–Kier alpha value is -0.810. The maximum atomic E-state index is 6.24. The summed E-state index contributed by atoms with van der Waals surface area (Å²) in [6.45, 7) is 11.5. The number of piperazine rings is 1. The van der Waals surface area contributed by atoms with Gasteiger partial charge in [-0.25, -0.2) is 0 Å². The van der Waals surface area contributed by atoms with E-state index < -0.39 is 0 Å². The number of ether oxygens (including phenoxy) is 1. The lowest BCUT2D eigenvalue weighted by Gasteiger charge is -2.27. The highest BCUT2D eigenvalue weighted by atomic mass is 35.5. The molecule has 1 aliphatic heterocycles. The first-order valence-electron chi connectivity index (χ1n) is 7.74. The summed E-state index contributed by atoms with van der Waals surface area (Å²) in [5, 5.41) is 7.53. The molecule has 0 aromatic heterocycles. The summed E-state index contributed by atoms with van der Waals surface area (Å²) in [4.78, 5) is 2.48. The van der Waals surface area contributed by atoms with E-state index in [1.165, 1.54) is 5.56 Å². The summed E-state index contributed by atoms with van der Waals surface area (Å²) < 4.78 is 5.64. The Morgan fingerprint density at radius 3 is 2.76 bits per heavy atom. The molecule has 0 amide bonds. The molecule has 1 aromatic carbocycles. The van der Waals surface area contributed by atoms with E-state index in [2.05, 4.69) is 21.6 Å². The lowest BCUT2D eigenvalue weighted by molar-refractivity contribution is 0.240. The third kappa shape index (κ3) is 5.83. The largest absolute Gasteiger partial charge is 0.489 e. The normalized spacial score (nSPS) is 16.4. The van der Waals surface area contributed by atoms with Crippen LogP contribution in [0.3, 0.4) is 0 Å². The van der Waals surface area contributed by atoms with Gasteiger partial charge in [-0.05, 0) is 31.5 Å². The molecular formula is C16H26ClN3O. The van der Waals surface area contributed by atoms with Crippen LogP contribution >= 0.6 is 11.6 Å². The summed E-state index contributed by atoms with van der Waals surface area (Å²) in [7, 11) is 0. The Morgan fingerprint density at radius 1 is 1.33 bits per heavy atom. The van der Waals surface area contributed by atoms with Crippen LogP contribution in [-0.2, 0) is 6.54 Å². The number of benzene rings is 1. The second-order valence-electron chi connectivity index (χ2n) is 5.70. The van der Waals surface area contributed by atoms with E-state index >= 15 is 0 Å². The van der Waals surface area contributed by atoms with Crippen LogP contribution < -0.4 is 15.4 Å². The quantitative estimate of drug-likeness (QED) is 0.756. The molecule has 0 bridgehead atoms. The van der Waals surface area contributed by atoms with E-state index in [1.54, 1.807) is 0 Å². The molecule has 5 heteroatoms. The summed E-state index contributed by atoms with van der Waals surface area (Å²) >= 11 is 6.24. The number of nitrogens with zero attached hydrogens (tertiary/aromatic N) is 1. The highest BCUT2D eigenvalue weighted by Crippen LogP contribution is 2.26. The summed E-state index contributed by atoms with van der Waals surface area (Å²) in [5.41, 5.74) is 1.19. The van der Waals surface area contributed by atoms with Crippen LogP contribution in [0, 0.1) is 0 Å². The Bertz CT molecular complexity index is 434. The monoisotopic (exact) mass is 311 g/mol. The minimum Gasteiger partial charge on any atom is -0.489 e. The van der Waals surface area contributed by atoms with Gasteiger partial charge in [0.05, 0.1) is 11.1 Å². The van der Waals surface area contributed by atoms with Gasteiger partial charge in [0.2, 0.25) is 0 Å². The number of halogens is 1. The SMILES string of the molecule is CC(C)Oc1ccc(CNCCN2CCNCC2)cc1Cl. The lowest BCUT2D eigenvalue weighted by atomic mass is 10.2. The molecule has 2 N–H and O–H groups in total. The third-order valence-corrected chi connectivity index (χ3v) is 3.80. The first kappa shape index (κ1) is 16.6. The van der Waals surface area contributed by atoms with Crippen LogP contribution in [0.15, 0.2) is 18.2 Å². The molecule has 0 aliphatic carbocycles. The van der Waals surface area contributed by atoms with Gasteiger partial charge in [-0.15, -0.1) is 0 Å². The van der Waals surface area contributed by atoms with Gasteiger partial charge < -0.3 is 15.4 Å². The minimum absolute atomic E-state index is 0.144. The van der Waals surface area contributed by atoms with Crippen molar-refractivity contribution in [2.24, 2.45) is 0 Å². The van der Waals surface area contributed by atoms with Crippen molar-refractivity contribution >= 4 is 11.6 Å². The second-order valence-corrected chi connectivity index (χ2v) is 6.11. The Morgan fingerprint density at radius 2 is 2.10 bits per heavy atom. The Labute approximate surface area is 132 Å². The first-order chi connectivity index (χ1) is 10.1. The van der Waals surface area contributed by atoms with Crippen LogP contribution in [-0.4, -0.2) is 50.3 Å². The summed E-state index contributed by atoms with van der Waals surface area (Å²) in [5.74, 6) is 0.760. The fraction of sp³-hybridized carbons (Fsp3) is 0.625. The van der Waals surface area contributed by atoms with E-state index in [0.29, 0.717) is 5.02 Å². The number of hydrogen-bond donors (Lipinski definition) is 2. The van der Waals surface area contributed by atoms with Crippen LogP contribution in [0.25, 0.3) is 0 Å². The molecule has 0 unspecified atom stereocenters. The maximum absolute atomic E-state index is 6.24. The summed E-state index contributed by atoms with van der Waals surface area (Å²) in [6, 6.07) is 6.01. The van der Waals surface area contributed by atoms with E-state index in [-0.39, 0.29) is 6.10 Å². The average molecular weight is 312 g/mol. The van der Waals surface area contributed by atoms with Crippen molar-refractivity contribution in [3.8, 4) is 5.75 Å². The lowest BCUT2D eigenvalue weighted by Crippen LogP contribution is -2.45. The van der Waals surface area contributed by atoms with Crippen molar-refractivity contribution in [2.75, 3.05) is 39.3 Å². The van der Waals surface area contributed by atoms with Crippen LogP contribution in [0.1, 0.15) is 19.4 Å². The predicted molar refractivity (Wildman–Crippen MR) is 88.2 cm³/mol. The number of nitrogens with one attached hydrogen (secondary N) is 2. The second kappa shape index (κ2) is 8.59. The summed E-state index contributed by atoms with van der Waals surface area (Å²) in [6.07, 6.45) is 0.144. The first-order valence-corrected chi connectivity index (χ1v) is 8.12. The van der Waals surface area contributed by atoms with E-state index in [4.69, 9.17) is 16.3 Å². The van der Waals surface area contributed by atoms with Gasteiger partial charge in [0.25, 0.3) is 0 Å².